The number of hydrogen-bond donors (Lipinski definition) is 1. The molecule has 2 amide bonds. The molecule has 0 atom stereocenters. The molecular weight excluding hydrogens is 330 g/mol. The van der Waals surface area contributed by atoms with Crippen LogP contribution in [0.5, 0.6) is 0 Å². The highest BCUT2D eigenvalue weighted by Crippen LogP contribution is 2.17. The number of piperazine rings is 1. The SMILES string of the molecule is O=C(Nc1ccncc1)N1CCN(S(=O)(=O)c2cccnc2)CC1. The van der Waals surface area contributed by atoms with E-state index >= 15 is 0 Å². The first kappa shape index (κ1) is 16.3. The molecule has 0 saturated carbocycles. The quantitative estimate of drug-likeness (QED) is 0.894. The summed E-state index contributed by atoms with van der Waals surface area (Å²) in [5.41, 5.74) is 0.653. The number of carbonyl (C=O) groups is 1. The van der Waals surface area contributed by atoms with Gasteiger partial charge in [-0.05, 0) is 24.3 Å². The summed E-state index contributed by atoms with van der Waals surface area (Å²) in [4.78, 5) is 21.7. The van der Waals surface area contributed by atoms with Crippen molar-refractivity contribution < 1.29 is 13.2 Å². The Bertz CT molecular complexity index is 790. The summed E-state index contributed by atoms with van der Waals surface area (Å²) < 4.78 is 26.4. The van der Waals surface area contributed by atoms with Crippen LogP contribution < -0.4 is 5.32 Å². The van der Waals surface area contributed by atoms with Crippen molar-refractivity contribution in [3.63, 3.8) is 0 Å². The first-order valence-electron chi connectivity index (χ1n) is 7.43. The first-order chi connectivity index (χ1) is 11.6. The Balaban J connectivity index is 1.61. The maximum atomic E-state index is 12.5. The van der Waals surface area contributed by atoms with Crippen LogP contribution in [0.25, 0.3) is 0 Å². The zero-order valence-corrected chi connectivity index (χ0v) is 13.7. The molecule has 0 aliphatic carbocycles. The molecule has 0 unspecified atom stereocenters. The molecule has 3 heterocycles. The molecule has 126 valence electrons. The molecule has 1 N–H and O–H groups in total. The number of rotatable bonds is 3. The molecular formula is C15H17N5O3S. The highest BCUT2D eigenvalue weighted by Gasteiger charge is 2.30. The number of hydrogen-bond acceptors (Lipinski definition) is 5. The summed E-state index contributed by atoms with van der Waals surface area (Å²) in [6, 6.07) is 6.25. The van der Waals surface area contributed by atoms with Crippen molar-refractivity contribution in [2.75, 3.05) is 31.5 Å². The van der Waals surface area contributed by atoms with E-state index in [-0.39, 0.29) is 24.0 Å². The van der Waals surface area contributed by atoms with E-state index < -0.39 is 10.0 Å². The highest BCUT2D eigenvalue weighted by atomic mass is 32.2. The van der Waals surface area contributed by atoms with Crippen molar-refractivity contribution in [3.05, 3.63) is 49.1 Å². The maximum Gasteiger partial charge on any atom is 0.321 e. The lowest BCUT2D eigenvalue weighted by Crippen LogP contribution is -2.51. The molecule has 1 fully saturated rings. The van der Waals surface area contributed by atoms with Crippen molar-refractivity contribution in [2.45, 2.75) is 4.90 Å². The second kappa shape index (κ2) is 6.93. The largest absolute Gasteiger partial charge is 0.322 e. The van der Waals surface area contributed by atoms with E-state index in [1.807, 2.05) is 0 Å². The molecule has 2 aromatic rings. The van der Waals surface area contributed by atoms with Gasteiger partial charge in [-0.15, -0.1) is 0 Å². The molecule has 3 rings (SSSR count). The first-order valence-corrected chi connectivity index (χ1v) is 8.87. The molecule has 1 aliphatic heterocycles. The van der Waals surface area contributed by atoms with Gasteiger partial charge in [-0.2, -0.15) is 4.31 Å². The molecule has 0 radical (unpaired) electrons. The minimum Gasteiger partial charge on any atom is -0.322 e. The molecule has 0 aromatic carbocycles. The summed E-state index contributed by atoms with van der Waals surface area (Å²) in [7, 11) is -3.57. The van der Waals surface area contributed by atoms with Gasteiger partial charge in [0.05, 0.1) is 0 Å². The molecule has 24 heavy (non-hydrogen) atoms. The van der Waals surface area contributed by atoms with Crippen molar-refractivity contribution in [1.82, 2.24) is 19.2 Å². The van der Waals surface area contributed by atoms with E-state index in [1.54, 1.807) is 35.5 Å². The Morgan fingerprint density at radius 1 is 1.00 bits per heavy atom. The van der Waals surface area contributed by atoms with Crippen LogP contribution in [0.1, 0.15) is 0 Å². The van der Waals surface area contributed by atoms with Gasteiger partial charge < -0.3 is 10.2 Å². The van der Waals surface area contributed by atoms with Gasteiger partial charge in [-0.1, -0.05) is 0 Å². The zero-order chi connectivity index (χ0) is 17.0. The van der Waals surface area contributed by atoms with Gasteiger partial charge in [0.25, 0.3) is 0 Å². The Morgan fingerprint density at radius 3 is 2.33 bits per heavy atom. The third kappa shape index (κ3) is 3.52. The number of aromatic nitrogens is 2. The number of pyridine rings is 2. The minimum absolute atomic E-state index is 0.166. The van der Waals surface area contributed by atoms with Crippen molar-refractivity contribution in [1.29, 1.82) is 0 Å². The smallest absolute Gasteiger partial charge is 0.321 e. The molecule has 8 nitrogen and oxygen atoms in total. The number of amides is 2. The van der Waals surface area contributed by atoms with Gasteiger partial charge in [-0.3, -0.25) is 9.97 Å². The summed E-state index contributed by atoms with van der Waals surface area (Å²) in [5.74, 6) is 0. The average Bonchev–Trinajstić information content (AvgIpc) is 2.63. The van der Waals surface area contributed by atoms with Crippen LogP contribution in [0.2, 0.25) is 0 Å². The maximum absolute atomic E-state index is 12.5. The third-order valence-electron chi connectivity index (χ3n) is 3.73. The van der Waals surface area contributed by atoms with E-state index in [1.165, 1.54) is 22.8 Å². The summed E-state index contributed by atoms with van der Waals surface area (Å²) in [5, 5.41) is 2.77. The summed E-state index contributed by atoms with van der Waals surface area (Å²) in [6.07, 6.45) is 6.04. The lowest BCUT2D eigenvalue weighted by molar-refractivity contribution is 0.184. The molecule has 1 saturated heterocycles. The normalized spacial score (nSPS) is 15.9. The number of nitrogens with one attached hydrogen (secondary N) is 1. The van der Waals surface area contributed by atoms with Crippen molar-refractivity contribution >= 4 is 21.7 Å². The molecule has 9 heteroatoms. The Labute approximate surface area is 140 Å². The molecule has 0 bridgehead atoms. The van der Waals surface area contributed by atoms with Crippen molar-refractivity contribution in [2.24, 2.45) is 0 Å². The van der Waals surface area contributed by atoms with Crippen LogP contribution in [-0.4, -0.2) is 59.8 Å². The van der Waals surface area contributed by atoms with E-state index in [0.29, 0.717) is 18.8 Å². The number of carbonyl (C=O) groups excluding carboxylic acids is 1. The van der Waals surface area contributed by atoms with Crippen molar-refractivity contribution in [3.8, 4) is 0 Å². The molecule has 2 aromatic heterocycles. The van der Waals surface area contributed by atoms with Gasteiger partial charge in [0.2, 0.25) is 10.0 Å². The van der Waals surface area contributed by atoms with Crippen LogP contribution in [0.4, 0.5) is 10.5 Å². The van der Waals surface area contributed by atoms with Gasteiger partial charge >= 0.3 is 6.03 Å². The van der Waals surface area contributed by atoms with Gasteiger partial charge in [-0.25, -0.2) is 13.2 Å². The van der Waals surface area contributed by atoms with E-state index in [9.17, 15) is 13.2 Å². The lowest BCUT2D eigenvalue weighted by Gasteiger charge is -2.33. The van der Waals surface area contributed by atoms with Crippen LogP contribution in [-0.2, 0) is 10.0 Å². The third-order valence-corrected chi connectivity index (χ3v) is 5.61. The van der Waals surface area contributed by atoms with Gasteiger partial charge in [0.15, 0.2) is 0 Å². The fourth-order valence-electron chi connectivity index (χ4n) is 2.42. The molecule has 1 aliphatic rings. The Hall–Kier alpha value is -2.52. The Morgan fingerprint density at radius 2 is 1.71 bits per heavy atom. The van der Waals surface area contributed by atoms with E-state index in [4.69, 9.17) is 0 Å². The lowest BCUT2D eigenvalue weighted by atomic mass is 10.3. The van der Waals surface area contributed by atoms with Crippen LogP contribution >= 0.6 is 0 Å². The van der Waals surface area contributed by atoms with Gasteiger partial charge in [0.1, 0.15) is 4.90 Å². The van der Waals surface area contributed by atoms with E-state index in [2.05, 4.69) is 15.3 Å². The highest BCUT2D eigenvalue weighted by molar-refractivity contribution is 7.89. The fourth-order valence-corrected chi connectivity index (χ4v) is 3.80. The predicted molar refractivity (Wildman–Crippen MR) is 87.8 cm³/mol. The zero-order valence-electron chi connectivity index (χ0n) is 12.9. The monoisotopic (exact) mass is 347 g/mol. The second-order valence-corrected chi connectivity index (χ2v) is 7.18. The summed E-state index contributed by atoms with van der Waals surface area (Å²) in [6.45, 7) is 1.16. The number of urea groups is 1. The summed E-state index contributed by atoms with van der Waals surface area (Å²) >= 11 is 0. The predicted octanol–water partition coefficient (Wildman–Crippen LogP) is 1.02. The van der Waals surface area contributed by atoms with Gasteiger partial charge in [0, 0.05) is 56.7 Å². The molecule has 0 spiro atoms. The number of anilines is 1. The standard InChI is InChI=1S/C15H17N5O3S/c21-15(18-13-3-6-16-7-4-13)19-8-10-20(11-9-19)24(22,23)14-2-1-5-17-12-14/h1-7,12H,8-11H2,(H,16,18,21). The topological polar surface area (TPSA) is 95.5 Å². The minimum atomic E-state index is -3.57. The average molecular weight is 347 g/mol. The number of nitrogens with zero attached hydrogens (tertiary/aromatic N) is 4. The van der Waals surface area contributed by atoms with Crippen LogP contribution in [0, 0.1) is 0 Å². The second-order valence-electron chi connectivity index (χ2n) is 5.25. The number of sulfonamides is 1. The Kier molecular flexibility index (Phi) is 4.72. The van der Waals surface area contributed by atoms with E-state index in [0.717, 1.165) is 0 Å². The van der Waals surface area contributed by atoms with Crippen LogP contribution in [0.3, 0.4) is 0 Å². The van der Waals surface area contributed by atoms with Crippen LogP contribution in [0.15, 0.2) is 53.9 Å². The fraction of sp³-hybridized carbons (Fsp3) is 0.267.